The van der Waals surface area contributed by atoms with E-state index in [0.29, 0.717) is 12.3 Å². The van der Waals surface area contributed by atoms with Crippen LogP contribution in [0.1, 0.15) is 20.3 Å². The van der Waals surface area contributed by atoms with Gasteiger partial charge in [0.25, 0.3) is 0 Å². The molecule has 2 N–H and O–H groups in total. The van der Waals surface area contributed by atoms with E-state index in [1.807, 2.05) is 0 Å². The van der Waals surface area contributed by atoms with Crippen LogP contribution in [0.4, 0.5) is 0 Å². The monoisotopic (exact) mass is 145 g/mol. The molecule has 1 atom stereocenters. The van der Waals surface area contributed by atoms with Crippen LogP contribution in [0.2, 0.25) is 0 Å². The Morgan fingerprint density at radius 1 is 1.60 bits per heavy atom. The number of hydrogen-bond donors (Lipinski definition) is 2. The van der Waals surface area contributed by atoms with E-state index in [2.05, 4.69) is 19.2 Å². The first-order chi connectivity index (χ1) is 4.70. The van der Waals surface area contributed by atoms with Crippen molar-refractivity contribution in [2.75, 3.05) is 6.61 Å². The Labute approximate surface area is 61.4 Å². The molecule has 0 aliphatic rings. The average molecular weight is 145 g/mol. The molecule has 60 valence electrons. The lowest BCUT2D eigenvalue weighted by atomic mass is 10.1. The number of amides is 1. The molecule has 1 amide bonds. The predicted molar refractivity (Wildman–Crippen MR) is 39.5 cm³/mol. The van der Waals surface area contributed by atoms with Gasteiger partial charge in [-0.1, -0.05) is 13.8 Å². The molecule has 0 saturated carbocycles. The van der Waals surface area contributed by atoms with Crippen LogP contribution in [0, 0.1) is 5.92 Å². The fraction of sp³-hybridized carbons (Fsp3) is 0.857. The highest BCUT2D eigenvalue weighted by Crippen LogP contribution is 2.02. The second-order valence-corrected chi connectivity index (χ2v) is 2.79. The summed E-state index contributed by atoms with van der Waals surface area (Å²) in [6, 6.07) is -0.0718. The van der Waals surface area contributed by atoms with E-state index in [4.69, 9.17) is 5.11 Å². The maximum Gasteiger partial charge on any atom is 0.207 e. The van der Waals surface area contributed by atoms with Crippen molar-refractivity contribution in [3.63, 3.8) is 0 Å². The number of rotatable bonds is 5. The minimum absolute atomic E-state index is 0.0247. The second kappa shape index (κ2) is 5.23. The van der Waals surface area contributed by atoms with Crippen LogP contribution < -0.4 is 5.32 Å². The highest BCUT2D eigenvalue weighted by atomic mass is 16.3. The lowest BCUT2D eigenvalue weighted by Crippen LogP contribution is -2.32. The van der Waals surface area contributed by atoms with Crippen LogP contribution in [0.25, 0.3) is 0 Å². The molecule has 1 unspecified atom stereocenters. The lowest BCUT2D eigenvalue weighted by molar-refractivity contribution is -0.110. The Kier molecular flexibility index (Phi) is 4.94. The summed E-state index contributed by atoms with van der Waals surface area (Å²) in [5, 5.41) is 11.2. The summed E-state index contributed by atoms with van der Waals surface area (Å²) in [6.07, 6.45) is 1.46. The number of carbonyl (C=O) groups excluding carboxylic acids is 1. The van der Waals surface area contributed by atoms with Crippen LogP contribution in [-0.4, -0.2) is 24.2 Å². The molecule has 0 aromatic rings. The molecule has 0 rings (SSSR count). The number of nitrogens with one attached hydrogen (secondary N) is 1. The molecule has 10 heavy (non-hydrogen) atoms. The second-order valence-electron chi connectivity index (χ2n) is 2.79. The van der Waals surface area contributed by atoms with Crippen LogP contribution in [-0.2, 0) is 4.79 Å². The Morgan fingerprint density at radius 3 is 2.50 bits per heavy atom. The van der Waals surface area contributed by atoms with Crippen LogP contribution in [0.3, 0.4) is 0 Å². The predicted octanol–water partition coefficient (Wildman–Crippen LogP) is 0.139. The Balaban J connectivity index is 3.48. The van der Waals surface area contributed by atoms with Crippen molar-refractivity contribution in [3.05, 3.63) is 0 Å². The zero-order valence-electron chi connectivity index (χ0n) is 6.50. The standard InChI is InChI=1S/C7H15NO2/c1-6(2)3-7(4-9)8-5-10/h5-7,9H,3-4H2,1-2H3,(H,8,10). The maximum atomic E-state index is 9.93. The van der Waals surface area contributed by atoms with Gasteiger partial charge in [0.05, 0.1) is 12.6 Å². The molecule has 0 aromatic carbocycles. The van der Waals surface area contributed by atoms with Crippen molar-refractivity contribution in [1.82, 2.24) is 5.32 Å². The lowest BCUT2D eigenvalue weighted by Gasteiger charge is -2.14. The van der Waals surface area contributed by atoms with Gasteiger partial charge in [0.15, 0.2) is 0 Å². The van der Waals surface area contributed by atoms with Gasteiger partial charge in [-0.25, -0.2) is 0 Å². The Bertz CT molecular complexity index is 93.6. The van der Waals surface area contributed by atoms with Crippen molar-refractivity contribution in [3.8, 4) is 0 Å². The molecular formula is C7H15NO2. The summed E-state index contributed by atoms with van der Waals surface area (Å²) in [6.45, 7) is 4.13. The summed E-state index contributed by atoms with van der Waals surface area (Å²) in [7, 11) is 0. The zero-order valence-corrected chi connectivity index (χ0v) is 6.50. The quantitative estimate of drug-likeness (QED) is 0.541. The first kappa shape index (κ1) is 9.43. The summed E-state index contributed by atoms with van der Waals surface area (Å²) in [5.41, 5.74) is 0. The molecule has 3 nitrogen and oxygen atoms in total. The van der Waals surface area contributed by atoms with E-state index in [-0.39, 0.29) is 12.6 Å². The van der Waals surface area contributed by atoms with E-state index in [1.54, 1.807) is 0 Å². The molecule has 0 heterocycles. The van der Waals surface area contributed by atoms with Crippen molar-refractivity contribution >= 4 is 6.41 Å². The smallest absolute Gasteiger partial charge is 0.207 e. The van der Waals surface area contributed by atoms with Gasteiger partial charge >= 0.3 is 0 Å². The molecule has 3 heteroatoms. The Morgan fingerprint density at radius 2 is 2.20 bits per heavy atom. The minimum atomic E-state index is -0.0718. The molecule has 0 fully saturated rings. The van der Waals surface area contributed by atoms with E-state index < -0.39 is 0 Å². The van der Waals surface area contributed by atoms with Crippen molar-refractivity contribution in [2.45, 2.75) is 26.3 Å². The van der Waals surface area contributed by atoms with E-state index >= 15 is 0 Å². The Hall–Kier alpha value is -0.570. The van der Waals surface area contributed by atoms with E-state index in [0.717, 1.165) is 6.42 Å². The summed E-state index contributed by atoms with van der Waals surface area (Å²) in [4.78, 5) is 9.93. The highest BCUT2D eigenvalue weighted by molar-refractivity contribution is 5.46. The van der Waals surface area contributed by atoms with E-state index in [1.165, 1.54) is 0 Å². The summed E-state index contributed by atoms with van der Waals surface area (Å²) >= 11 is 0. The molecule has 0 aliphatic heterocycles. The van der Waals surface area contributed by atoms with Gasteiger partial charge < -0.3 is 10.4 Å². The van der Waals surface area contributed by atoms with E-state index in [9.17, 15) is 4.79 Å². The summed E-state index contributed by atoms with van der Waals surface area (Å²) in [5.74, 6) is 0.504. The largest absolute Gasteiger partial charge is 0.394 e. The third-order valence-electron chi connectivity index (χ3n) is 1.28. The first-order valence-electron chi connectivity index (χ1n) is 3.51. The van der Waals surface area contributed by atoms with Gasteiger partial charge in [-0.05, 0) is 12.3 Å². The third kappa shape index (κ3) is 4.32. The fourth-order valence-electron chi connectivity index (χ4n) is 0.861. The van der Waals surface area contributed by atoms with Gasteiger partial charge in [-0.3, -0.25) is 4.79 Å². The fourth-order valence-corrected chi connectivity index (χ4v) is 0.861. The minimum Gasteiger partial charge on any atom is -0.394 e. The normalized spacial score (nSPS) is 13.2. The molecule has 0 aliphatic carbocycles. The highest BCUT2D eigenvalue weighted by Gasteiger charge is 2.06. The topological polar surface area (TPSA) is 49.3 Å². The molecule has 0 spiro atoms. The zero-order chi connectivity index (χ0) is 7.98. The molecule has 0 radical (unpaired) electrons. The van der Waals surface area contributed by atoms with Gasteiger partial charge in [-0.15, -0.1) is 0 Å². The SMILES string of the molecule is CC(C)CC(CO)NC=O. The number of hydrogen-bond acceptors (Lipinski definition) is 2. The van der Waals surface area contributed by atoms with Gasteiger partial charge in [0.1, 0.15) is 0 Å². The van der Waals surface area contributed by atoms with Crippen LogP contribution >= 0.6 is 0 Å². The van der Waals surface area contributed by atoms with Crippen molar-refractivity contribution in [1.29, 1.82) is 0 Å². The molecular weight excluding hydrogens is 130 g/mol. The van der Waals surface area contributed by atoms with Crippen LogP contribution in [0.15, 0.2) is 0 Å². The van der Waals surface area contributed by atoms with Gasteiger partial charge in [0.2, 0.25) is 6.41 Å². The first-order valence-corrected chi connectivity index (χ1v) is 3.51. The summed E-state index contributed by atoms with van der Waals surface area (Å²) < 4.78 is 0. The van der Waals surface area contributed by atoms with Gasteiger partial charge in [-0.2, -0.15) is 0 Å². The third-order valence-corrected chi connectivity index (χ3v) is 1.28. The average Bonchev–Trinajstić information content (AvgIpc) is 1.86. The van der Waals surface area contributed by atoms with Crippen LogP contribution in [0.5, 0.6) is 0 Å². The molecule has 0 bridgehead atoms. The van der Waals surface area contributed by atoms with Crippen molar-refractivity contribution in [2.24, 2.45) is 5.92 Å². The molecule has 0 saturated heterocycles. The maximum absolute atomic E-state index is 9.93. The van der Waals surface area contributed by atoms with Gasteiger partial charge in [0, 0.05) is 0 Å². The van der Waals surface area contributed by atoms with Crippen molar-refractivity contribution < 1.29 is 9.90 Å². The number of aliphatic hydroxyl groups excluding tert-OH is 1. The number of carbonyl (C=O) groups is 1. The molecule has 0 aromatic heterocycles. The number of aliphatic hydroxyl groups is 1.